The summed E-state index contributed by atoms with van der Waals surface area (Å²) in [6.45, 7) is 3.23. The Bertz CT molecular complexity index is 549. The average molecular weight is 246 g/mol. The van der Waals surface area contributed by atoms with Gasteiger partial charge in [0.15, 0.2) is 0 Å². The van der Waals surface area contributed by atoms with E-state index in [0.717, 1.165) is 0 Å². The third kappa shape index (κ3) is 2.95. The van der Waals surface area contributed by atoms with E-state index in [-0.39, 0.29) is 5.88 Å². The van der Waals surface area contributed by atoms with Gasteiger partial charge in [-0.25, -0.2) is 0 Å². The van der Waals surface area contributed by atoms with Crippen molar-refractivity contribution in [1.29, 1.82) is 0 Å². The summed E-state index contributed by atoms with van der Waals surface area (Å²) in [6.07, 6.45) is 0. The van der Waals surface area contributed by atoms with Crippen LogP contribution in [-0.2, 0) is 13.1 Å². The van der Waals surface area contributed by atoms with Gasteiger partial charge in [-0.1, -0.05) is 24.3 Å². The van der Waals surface area contributed by atoms with Gasteiger partial charge in [0.1, 0.15) is 10.7 Å². The molecule has 0 aliphatic rings. The monoisotopic (exact) mass is 246 g/mol. The van der Waals surface area contributed by atoms with Gasteiger partial charge in [0, 0.05) is 6.54 Å². The fourth-order valence-electron chi connectivity index (χ4n) is 1.69. The highest BCUT2D eigenvalue weighted by atomic mass is 16.6. The Morgan fingerprint density at radius 1 is 1.22 bits per heavy atom. The minimum absolute atomic E-state index is 0.220. The summed E-state index contributed by atoms with van der Waals surface area (Å²) in [7, 11) is 0. The van der Waals surface area contributed by atoms with E-state index in [4.69, 9.17) is 4.42 Å². The maximum Gasteiger partial charge on any atom is 0.433 e. The summed E-state index contributed by atoms with van der Waals surface area (Å²) in [5, 5.41) is 13.6. The maximum absolute atomic E-state index is 10.4. The summed E-state index contributed by atoms with van der Waals surface area (Å²) >= 11 is 0. The number of nitrogens with zero attached hydrogens (tertiary/aromatic N) is 1. The summed E-state index contributed by atoms with van der Waals surface area (Å²) in [5.41, 5.74) is 2.42. The number of nitro groups is 1. The van der Waals surface area contributed by atoms with E-state index in [2.05, 4.69) is 18.3 Å². The van der Waals surface area contributed by atoms with Crippen molar-refractivity contribution in [3.8, 4) is 0 Å². The number of hydrogen-bond donors (Lipinski definition) is 1. The van der Waals surface area contributed by atoms with Gasteiger partial charge in [-0.2, -0.15) is 0 Å². The molecule has 0 radical (unpaired) electrons. The van der Waals surface area contributed by atoms with E-state index < -0.39 is 4.92 Å². The van der Waals surface area contributed by atoms with Crippen LogP contribution < -0.4 is 5.32 Å². The highest BCUT2D eigenvalue weighted by Crippen LogP contribution is 2.15. The van der Waals surface area contributed by atoms with E-state index >= 15 is 0 Å². The minimum Gasteiger partial charge on any atom is -0.404 e. The number of nitrogens with one attached hydrogen (secondary N) is 1. The van der Waals surface area contributed by atoms with E-state index in [1.165, 1.54) is 17.2 Å². The topological polar surface area (TPSA) is 68.3 Å². The zero-order chi connectivity index (χ0) is 13.0. The highest BCUT2D eigenvalue weighted by Gasteiger charge is 2.11. The van der Waals surface area contributed by atoms with E-state index in [9.17, 15) is 10.1 Å². The zero-order valence-corrected chi connectivity index (χ0v) is 10.1. The van der Waals surface area contributed by atoms with Crippen LogP contribution in [0.1, 0.15) is 16.9 Å². The van der Waals surface area contributed by atoms with Crippen LogP contribution in [0.15, 0.2) is 40.8 Å². The van der Waals surface area contributed by atoms with Crippen LogP contribution in [-0.4, -0.2) is 4.92 Å². The van der Waals surface area contributed by atoms with Crippen molar-refractivity contribution in [2.75, 3.05) is 0 Å². The van der Waals surface area contributed by atoms with Crippen molar-refractivity contribution in [1.82, 2.24) is 5.32 Å². The first-order chi connectivity index (χ1) is 8.66. The Labute approximate surface area is 105 Å². The van der Waals surface area contributed by atoms with Gasteiger partial charge in [-0.15, -0.1) is 0 Å². The quantitative estimate of drug-likeness (QED) is 0.650. The van der Waals surface area contributed by atoms with Crippen molar-refractivity contribution < 1.29 is 9.34 Å². The van der Waals surface area contributed by atoms with Crippen LogP contribution in [0.2, 0.25) is 0 Å². The molecule has 0 aliphatic heterocycles. The van der Waals surface area contributed by atoms with Crippen molar-refractivity contribution in [2.24, 2.45) is 0 Å². The third-order valence-corrected chi connectivity index (χ3v) is 2.70. The summed E-state index contributed by atoms with van der Waals surface area (Å²) < 4.78 is 5.05. The molecule has 1 aromatic heterocycles. The molecule has 0 atom stereocenters. The Morgan fingerprint density at radius 3 is 2.67 bits per heavy atom. The van der Waals surface area contributed by atoms with Gasteiger partial charge in [-0.3, -0.25) is 10.1 Å². The van der Waals surface area contributed by atoms with Crippen LogP contribution in [0.3, 0.4) is 0 Å². The molecule has 1 aromatic carbocycles. The summed E-state index contributed by atoms with van der Waals surface area (Å²) in [6, 6.07) is 11.1. The predicted octanol–water partition coefficient (Wildman–Crippen LogP) is 2.79. The second-order valence-electron chi connectivity index (χ2n) is 4.03. The molecule has 0 saturated carbocycles. The van der Waals surface area contributed by atoms with Crippen LogP contribution in [0.25, 0.3) is 0 Å². The first-order valence-corrected chi connectivity index (χ1v) is 5.65. The number of furan rings is 1. The molecule has 0 bridgehead atoms. The maximum atomic E-state index is 10.4. The molecule has 0 amide bonds. The highest BCUT2D eigenvalue weighted by molar-refractivity contribution is 5.25. The second-order valence-corrected chi connectivity index (χ2v) is 4.03. The molecule has 0 unspecified atom stereocenters. The molecule has 0 spiro atoms. The SMILES string of the molecule is Cc1ccccc1CNCc1ccc([N+](=O)[O-])o1. The largest absolute Gasteiger partial charge is 0.433 e. The predicted molar refractivity (Wildman–Crippen MR) is 67.1 cm³/mol. The van der Waals surface area contributed by atoms with Crippen molar-refractivity contribution >= 4 is 5.88 Å². The molecule has 2 aromatic rings. The standard InChI is InChI=1S/C13H14N2O3/c1-10-4-2-3-5-11(10)8-14-9-12-6-7-13(18-12)15(16)17/h2-7,14H,8-9H2,1H3. The Hall–Kier alpha value is -2.14. The fraction of sp³-hybridized carbons (Fsp3) is 0.231. The Balaban J connectivity index is 1.88. The van der Waals surface area contributed by atoms with Gasteiger partial charge in [0.2, 0.25) is 0 Å². The van der Waals surface area contributed by atoms with E-state index in [0.29, 0.717) is 18.8 Å². The molecular weight excluding hydrogens is 232 g/mol. The van der Waals surface area contributed by atoms with Crippen molar-refractivity contribution in [3.63, 3.8) is 0 Å². The lowest BCUT2D eigenvalue weighted by atomic mass is 10.1. The van der Waals surface area contributed by atoms with E-state index in [1.54, 1.807) is 6.07 Å². The molecule has 0 aliphatic carbocycles. The van der Waals surface area contributed by atoms with E-state index in [1.807, 2.05) is 18.2 Å². The molecule has 2 rings (SSSR count). The molecule has 18 heavy (non-hydrogen) atoms. The van der Waals surface area contributed by atoms with Crippen LogP contribution in [0, 0.1) is 17.0 Å². The molecule has 5 nitrogen and oxygen atoms in total. The molecule has 5 heteroatoms. The fourth-order valence-corrected chi connectivity index (χ4v) is 1.69. The first kappa shape index (κ1) is 12.3. The van der Waals surface area contributed by atoms with Crippen molar-refractivity contribution in [3.05, 3.63) is 63.4 Å². The molecule has 94 valence electrons. The number of rotatable bonds is 5. The summed E-state index contributed by atoms with van der Waals surface area (Å²) in [5.74, 6) is 0.345. The lowest BCUT2D eigenvalue weighted by molar-refractivity contribution is -0.402. The van der Waals surface area contributed by atoms with Crippen molar-refractivity contribution in [2.45, 2.75) is 20.0 Å². The minimum atomic E-state index is -0.537. The first-order valence-electron chi connectivity index (χ1n) is 5.65. The zero-order valence-electron chi connectivity index (χ0n) is 10.1. The van der Waals surface area contributed by atoms with Gasteiger partial charge in [-0.05, 0) is 24.1 Å². The average Bonchev–Trinajstić information content (AvgIpc) is 2.80. The smallest absolute Gasteiger partial charge is 0.404 e. The lowest BCUT2D eigenvalue weighted by Crippen LogP contribution is -2.12. The third-order valence-electron chi connectivity index (χ3n) is 2.70. The van der Waals surface area contributed by atoms with Gasteiger partial charge < -0.3 is 9.73 Å². The molecule has 1 N–H and O–H groups in total. The lowest BCUT2D eigenvalue weighted by Gasteiger charge is -2.05. The normalized spacial score (nSPS) is 10.5. The number of benzene rings is 1. The van der Waals surface area contributed by atoms with Crippen LogP contribution in [0.4, 0.5) is 5.88 Å². The molecule has 0 fully saturated rings. The van der Waals surface area contributed by atoms with Crippen LogP contribution >= 0.6 is 0 Å². The molecule has 1 heterocycles. The van der Waals surface area contributed by atoms with Gasteiger partial charge >= 0.3 is 5.88 Å². The molecular formula is C13H14N2O3. The van der Waals surface area contributed by atoms with Gasteiger partial charge in [0.25, 0.3) is 0 Å². The Kier molecular flexibility index (Phi) is 3.74. The second kappa shape index (κ2) is 5.46. The number of hydrogen-bond acceptors (Lipinski definition) is 4. The Morgan fingerprint density at radius 2 is 2.00 bits per heavy atom. The molecule has 0 saturated heterocycles. The summed E-state index contributed by atoms with van der Waals surface area (Å²) in [4.78, 5) is 9.91. The van der Waals surface area contributed by atoms with Crippen LogP contribution in [0.5, 0.6) is 0 Å². The van der Waals surface area contributed by atoms with Gasteiger partial charge in [0.05, 0.1) is 12.6 Å². The number of aryl methyl sites for hydroxylation is 1.